The Bertz CT molecular complexity index is 3550. The second kappa shape index (κ2) is 17.0. The Labute approximate surface area is 440 Å². The molecule has 9 aromatic carbocycles. The van der Waals surface area contributed by atoms with Crippen LogP contribution in [-0.4, -0.2) is 12.3 Å². The summed E-state index contributed by atoms with van der Waals surface area (Å²) in [5, 5.41) is 0. The molecule has 9 aromatic rings. The van der Waals surface area contributed by atoms with Crippen LogP contribution in [0.2, 0.25) is 0 Å². The molecule has 1 fully saturated rings. The van der Waals surface area contributed by atoms with Gasteiger partial charge in [0.1, 0.15) is 0 Å². The van der Waals surface area contributed by atoms with Crippen molar-refractivity contribution in [2.24, 2.45) is 0 Å². The Hall–Kier alpha value is -7.56. The van der Waals surface area contributed by atoms with Crippen LogP contribution < -0.4 is 31.1 Å². The van der Waals surface area contributed by atoms with Crippen molar-refractivity contribution < 1.29 is 0 Å². The average Bonchev–Trinajstić information content (AvgIpc) is 3.77. The smallest absolute Gasteiger partial charge is 0.252 e. The lowest BCUT2D eigenvalue weighted by Crippen LogP contribution is -2.64. The maximum Gasteiger partial charge on any atom is 0.252 e. The predicted molar refractivity (Wildman–Crippen MR) is 317 cm³/mol. The fourth-order valence-corrected chi connectivity index (χ4v) is 13.5. The zero-order chi connectivity index (χ0) is 50.7. The second-order valence-corrected chi connectivity index (χ2v) is 24.1. The van der Waals surface area contributed by atoms with Crippen LogP contribution in [0.1, 0.15) is 97.8 Å². The van der Waals surface area contributed by atoms with E-state index >= 15 is 0 Å². The van der Waals surface area contributed by atoms with Crippen LogP contribution in [0.4, 0.5) is 45.5 Å². The number of anilines is 8. The molecule has 3 heterocycles. The van der Waals surface area contributed by atoms with E-state index in [-0.39, 0.29) is 28.5 Å². The molecule has 2 unspecified atom stereocenters. The van der Waals surface area contributed by atoms with Crippen molar-refractivity contribution in [1.82, 2.24) is 0 Å². The molecule has 1 aliphatic carbocycles. The number of hydrogen-bond acceptors (Lipinski definition) is 3. The lowest BCUT2D eigenvalue weighted by Gasteiger charge is -2.53. The largest absolute Gasteiger partial charge is 0.335 e. The minimum atomic E-state index is -0.169. The molecule has 3 nitrogen and oxygen atoms in total. The third-order valence-corrected chi connectivity index (χ3v) is 17.7. The number of fused-ring (bicyclic) bond motifs is 7. The fourth-order valence-electron chi connectivity index (χ4n) is 13.5. The Morgan fingerprint density at radius 2 is 0.959 bits per heavy atom. The summed E-state index contributed by atoms with van der Waals surface area (Å²) >= 11 is 0. The van der Waals surface area contributed by atoms with Gasteiger partial charge in [-0.15, -0.1) is 0 Å². The van der Waals surface area contributed by atoms with Gasteiger partial charge < -0.3 is 14.7 Å². The van der Waals surface area contributed by atoms with E-state index in [2.05, 4.69) is 276 Å². The molecule has 0 saturated heterocycles. The van der Waals surface area contributed by atoms with E-state index in [1.807, 2.05) is 0 Å². The first-order chi connectivity index (χ1) is 35.7. The fraction of sp³-hybridized carbons (Fsp3) is 0.229. The van der Waals surface area contributed by atoms with Crippen molar-refractivity contribution >= 4 is 68.6 Å². The number of nitrogens with zero attached hydrogens (tertiary/aromatic N) is 3. The summed E-state index contributed by atoms with van der Waals surface area (Å²) in [5.41, 5.74) is 25.2. The molecular formula is C70H66BN3. The van der Waals surface area contributed by atoms with E-state index in [4.69, 9.17) is 0 Å². The van der Waals surface area contributed by atoms with Crippen LogP contribution in [0.3, 0.4) is 0 Å². The number of benzene rings is 9. The minimum absolute atomic E-state index is 0.0194. The summed E-state index contributed by atoms with van der Waals surface area (Å²) in [6.45, 7) is 19.0. The highest BCUT2D eigenvalue weighted by Crippen LogP contribution is 2.63. The third-order valence-electron chi connectivity index (χ3n) is 17.7. The number of rotatable bonds is 7. The van der Waals surface area contributed by atoms with Gasteiger partial charge in [-0.25, -0.2) is 0 Å². The monoisotopic (exact) mass is 960 g/mol. The first kappa shape index (κ1) is 46.2. The first-order valence-corrected chi connectivity index (χ1v) is 27.1. The summed E-state index contributed by atoms with van der Waals surface area (Å²) in [4.78, 5) is 8.05. The quantitative estimate of drug-likeness (QED) is 0.147. The van der Waals surface area contributed by atoms with Gasteiger partial charge in [-0.1, -0.05) is 207 Å². The lowest BCUT2D eigenvalue weighted by molar-refractivity contribution is 0.195. The van der Waals surface area contributed by atoms with Crippen LogP contribution in [0.5, 0.6) is 0 Å². The van der Waals surface area contributed by atoms with Gasteiger partial charge >= 0.3 is 0 Å². The number of hydrogen-bond donors (Lipinski definition) is 0. The van der Waals surface area contributed by atoms with E-state index in [9.17, 15) is 0 Å². The predicted octanol–water partition coefficient (Wildman–Crippen LogP) is 17.1. The van der Waals surface area contributed by atoms with E-state index in [1.165, 1.54) is 102 Å². The van der Waals surface area contributed by atoms with E-state index in [0.29, 0.717) is 0 Å². The molecule has 3 aliphatic heterocycles. The summed E-state index contributed by atoms with van der Waals surface area (Å²) < 4.78 is 0. The summed E-state index contributed by atoms with van der Waals surface area (Å²) in [6, 6.07) is 78.6. The van der Waals surface area contributed by atoms with Crippen LogP contribution in [0, 0.1) is 0 Å². The maximum atomic E-state index is 2.88. The van der Waals surface area contributed by atoms with Gasteiger partial charge in [0.25, 0.3) is 6.71 Å². The van der Waals surface area contributed by atoms with Crippen molar-refractivity contribution in [2.45, 2.75) is 103 Å². The van der Waals surface area contributed by atoms with Gasteiger partial charge in [0.05, 0.1) is 11.2 Å². The molecule has 1 saturated carbocycles. The zero-order valence-electron chi connectivity index (χ0n) is 44.4. The molecule has 0 spiro atoms. The van der Waals surface area contributed by atoms with E-state index < -0.39 is 0 Å². The lowest BCUT2D eigenvalue weighted by atomic mass is 9.33. The van der Waals surface area contributed by atoms with Crippen LogP contribution in [0.25, 0.3) is 33.4 Å². The van der Waals surface area contributed by atoms with Gasteiger partial charge in [0.2, 0.25) is 0 Å². The van der Waals surface area contributed by atoms with E-state index in [0.717, 1.165) is 35.6 Å². The highest BCUT2D eigenvalue weighted by molar-refractivity contribution is 7.00. The SMILES string of the molecule is CC(C)(C)c1ccc(N(c2ccc(C(C)(C)C)cc2)c2cc3c4c(c2)N2c5c(cc(-c6ccccc6)cc5C5(C)CCCCC25C)B4c2ccc(-c4ccccc4)cc2N3c2cccc(-c3ccccc3)c2)cc1. The Morgan fingerprint density at radius 3 is 1.54 bits per heavy atom. The highest BCUT2D eigenvalue weighted by Gasteiger charge is 2.61. The van der Waals surface area contributed by atoms with Gasteiger partial charge in [0, 0.05) is 45.2 Å². The summed E-state index contributed by atoms with van der Waals surface area (Å²) in [5.74, 6) is 0. The second-order valence-electron chi connectivity index (χ2n) is 24.1. The standard InChI is InChI=1S/C70H66BN3/c1-67(2,3)53-30-34-55(35-31-53)72(56-36-32-54(33-37-56)68(4,5)6)58-45-63-65-64(46-58)74-66-59(69(7)39-18-19-40-70(69,74)8)42-52(49-25-16-11-17-26-49)43-61(66)71(65)60-38-29-51(48-23-14-10-15-24-48)44-62(60)73(63)57-28-20-27-50(41-57)47-21-12-9-13-22-47/h9-17,20-38,41-46H,18-19,39-40H2,1-8H3. The van der Waals surface area contributed by atoms with Crippen LogP contribution >= 0.6 is 0 Å². The van der Waals surface area contributed by atoms with Gasteiger partial charge in [0.15, 0.2) is 0 Å². The van der Waals surface area contributed by atoms with E-state index in [1.54, 1.807) is 0 Å². The molecule has 4 heteroatoms. The summed E-state index contributed by atoms with van der Waals surface area (Å²) in [7, 11) is 0. The van der Waals surface area contributed by atoms with Crippen molar-refractivity contribution in [1.29, 1.82) is 0 Å². The van der Waals surface area contributed by atoms with Crippen molar-refractivity contribution in [3.63, 3.8) is 0 Å². The average molecular weight is 960 g/mol. The Kier molecular flexibility index (Phi) is 10.6. The maximum absolute atomic E-state index is 2.88. The zero-order valence-corrected chi connectivity index (χ0v) is 44.4. The molecule has 2 atom stereocenters. The molecular weight excluding hydrogens is 894 g/mol. The van der Waals surface area contributed by atoms with Crippen LogP contribution in [-0.2, 0) is 16.2 Å². The molecule has 4 aliphatic rings. The van der Waals surface area contributed by atoms with Crippen molar-refractivity contribution in [3.8, 4) is 33.4 Å². The Balaban J connectivity index is 1.15. The minimum Gasteiger partial charge on any atom is -0.335 e. The molecule has 0 amide bonds. The molecule has 74 heavy (non-hydrogen) atoms. The topological polar surface area (TPSA) is 9.72 Å². The first-order valence-electron chi connectivity index (χ1n) is 27.1. The summed E-state index contributed by atoms with van der Waals surface area (Å²) in [6.07, 6.45) is 4.71. The third kappa shape index (κ3) is 7.23. The van der Waals surface area contributed by atoms with Gasteiger partial charge in [-0.2, -0.15) is 0 Å². The van der Waals surface area contributed by atoms with Crippen molar-refractivity contribution in [3.05, 3.63) is 223 Å². The normalized spacial score (nSPS) is 18.4. The molecule has 13 rings (SSSR count). The van der Waals surface area contributed by atoms with Gasteiger partial charge in [-0.3, -0.25) is 0 Å². The Morgan fingerprint density at radius 1 is 0.432 bits per heavy atom. The molecule has 0 aromatic heterocycles. The van der Waals surface area contributed by atoms with Gasteiger partial charge in [-0.05, 0) is 158 Å². The molecule has 0 bridgehead atoms. The molecule has 364 valence electrons. The highest BCUT2D eigenvalue weighted by atomic mass is 15.3. The van der Waals surface area contributed by atoms with Crippen LogP contribution in [0.15, 0.2) is 206 Å². The molecule has 0 radical (unpaired) electrons. The molecule has 0 N–H and O–H groups in total. The van der Waals surface area contributed by atoms with Crippen molar-refractivity contribution in [2.75, 3.05) is 14.7 Å².